The maximum atomic E-state index is 10.7. The van der Waals surface area contributed by atoms with Gasteiger partial charge in [0.25, 0.3) is 0 Å². The van der Waals surface area contributed by atoms with Crippen LogP contribution in [0.1, 0.15) is 22.7 Å². The molecule has 3 fully saturated rings. The van der Waals surface area contributed by atoms with Gasteiger partial charge < -0.3 is 10.0 Å². The molecule has 4 atom stereocenters. The summed E-state index contributed by atoms with van der Waals surface area (Å²) in [4.78, 5) is 13.3. The predicted octanol–water partition coefficient (Wildman–Crippen LogP) is 1.27. The number of aliphatic hydroxyl groups is 1. The largest absolute Gasteiger partial charge is 0.391 e. The van der Waals surface area contributed by atoms with E-state index in [1.807, 2.05) is 17.5 Å². The number of aromatic nitrogens is 1. The van der Waals surface area contributed by atoms with Crippen molar-refractivity contribution >= 4 is 11.3 Å². The van der Waals surface area contributed by atoms with Crippen molar-refractivity contribution in [2.75, 3.05) is 46.3 Å². The number of thiazole rings is 1. The Balaban J connectivity index is 1.36. The Morgan fingerprint density at radius 2 is 1.88 bits per heavy atom. The molecule has 0 aromatic carbocycles. The Bertz CT molecular complexity index is 557. The fourth-order valence-electron chi connectivity index (χ4n) is 4.88. The van der Waals surface area contributed by atoms with Crippen molar-refractivity contribution in [1.82, 2.24) is 19.7 Å². The molecule has 2 aliphatic heterocycles. The first-order valence-corrected chi connectivity index (χ1v) is 10.1. The number of nitrogens with zero attached hydrogens (tertiary/aromatic N) is 4. The Labute approximate surface area is 149 Å². The summed E-state index contributed by atoms with van der Waals surface area (Å²) in [5.74, 6) is 1.44. The van der Waals surface area contributed by atoms with E-state index in [1.165, 1.54) is 17.8 Å². The first kappa shape index (κ1) is 16.9. The fourth-order valence-corrected chi connectivity index (χ4v) is 5.72. The first-order valence-electron chi connectivity index (χ1n) is 9.33. The van der Waals surface area contributed by atoms with Gasteiger partial charge in [0.05, 0.1) is 11.1 Å². The Morgan fingerprint density at radius 1 is 1.17 bits per heavy atom. The molecule has 1 saturated carbocycles. The van der Waals surface area contributed by atoms with Gasteiger partial charge in [-0.05, 0) is 38.6 Å². The minimum Gasteiger partial charge on any atom is -0.391 e. The van der Waals surface area contributed by atoms with Gasteiger partial charge in [-0.3, -0.25) is 9.80 Å². The van der Waals surface area contributed by atoms with E-state index in [9.17, 15) is 5.11 Å². The molecular weight excluding hydrogens is 320 g/mol. The van der Waals surface area contributed by atoms with Gasteiger partial charge in [-0.25, -0.2) is 4.98 Å². The summed E-state index contributed by atoms with van der Waals surface area (Å²) >= 11 is 1.82. The van der Waals surface area contributed by atoms with Crippen LogP contribution < -0.4 is 0 Å². The number of hydrogen-bond acceptors (Lipinski definition) is 6. The lowest BCUT2D eigenvalue weighted by molar-refractivity contribution is -0.0249. The van der Waals surface area contributed by atoms with Gasteiger partial charge in [0.15, 0.2) is 0 Å². The summed E-state index contributed by atoms with van der Waals surface area (Å²) < 4.78 is 0. The smallest absolute Gasteiger partial charge is 0.0897 e. The first-order chi connectivity index (χ1) is 11.6. The van der Waals surface area contributed by atoms with Gasteiger partial charge >= 0.3 is 0 Å². The highest BCUT2D eigenvalue weighted by molar-refractivity contribution is 7.11. The summed E-state index contributed by atoms with van der Waals surface area (Å²) in [5.41, 5.74) is 0. The number of hydrogen-bond donors (Lipinski definition) is 1. The Morgan fingerprint density at radius 3 is 2.54 bits per heavy atom. The highest BCUT2D eigenvalue weighted by Crippen LogP contribution is 2.39. The Kier molecular flexibility index (Phi) is 4.93. The molecule has 0 radical (unpaired) electrons. The molecule has 1 aromatic heterocycles. The molecule has 0 spiro atoms. The topological polar surface area (TPSA) is 42.8 Å². The summed E-state index contributed by atoms with van der Waals surface area (Å²) in [6.07, 6.45) is 4.05. The quantitative estimate of drug-likeness (QED) is 0.889. The standard InChI is InChI=1S/C18H30N4OS/c1-13-19-9-16(24-13)12-21-10-14-7-17(18(23)8-15(14)11-21)22-5-3-20(2)4-6-22/h9,14-15,17-18,23H,3-8,10-12H2,1-2H3/t14-,15+,17-,18-/m1/s1. The normalized spacial score (nSPS) is 36.1. The van der Waals surface area contributed by atoms with Crippen LogP contribution in [-0.4, -0.2) is 83.3 Å². The molecule has 24 heavy (non-hydrogen) atoms. The van der Waals surface area contributed by atoms with Gasteiger partial charge in [-0.2, -0.15) is 0 Å². The number of piperazine rings is 1. The van der Waals surface area contributed by atoms with Gasteiger partial charge in [0, 0.05) is 62.9 Å². The second kappa shape index (κ2) is 7.00. The molecule has 4 rings (SSSR count). The number of likely N-dealkylation sites (tertiary alicyclic amines) is 1. The summed E-state index contributed by atoms with van der Waals surface area (Å²) in [6, 6.07) is 0.380. The maximum Gasteiger partial charge on any atom is 0.0897 e. The highest BCUT2D eigenvalue weighted by Gasteiger charge is 2.43. The fraction of sp³-hybridized carbons (Fsp3) is 0.833. The number of likely N-dealkylation sites (N-methyl/N-ethyl adjacent to an activating group) is 1. The van der Waals surface area contributed by atoms with Crippen molar-refractivity contribution in [2.45, 2.75) is 38.5 Å². The zero-order valence-corrected chi connectivity index (χ0v) is 15.7. The lowest BCUT2D eigenvalue weighted by Gasteiger charge is -2.44. The van der Waals surface area contributed by atoms with Crippen molar-refractivity contribution in [1.29, 1.82) is 0 Å². The van der Waals surface area contributed by atoms with Crippen LogP contribution in [0.5, 0.6) is 0 Å². The molecular formula is C18H30N4OS. The van der Waals surface area contributed by atoms with Gasteiger partial charge in [-0.15, -0.1) is 11.3 Å². The molecule has 0 bridgehead atoms. The SMILES string of the molecule is Cc1ncc(CN2C[C@H]3C[C@@H](N4CCN(C)CC4)[C@H](O)C[C@H]3C2)s1. The summed E-state index contributed by atoms with van der Waals surface area (Å²) in [5, 5.41) is 11.9. The van der Waals surface area contributed by atoms with Crippen molar-refractivity contribution in [3.8, 4) is 0 Å². The van der Waals surface area contributed by atoms with Crippen molar-refractivity contribution in [3.63, 3.8) is 0 Å². The molecule has 2 saturated heterocycles. The third-order valence-electron chi connectivity index (χ3n) is 6.24. The van der Waals surface area contributed by atoms with E-state index >= 15 is 0 Å². The van der Waals surface area contributed by atoms with Crippen LogP contribution >= 0.6 is 11.3 Å². The third-order valence-corrected chi connectivity index (χ3v) is 7.14. The van der Waals surface area contributed by atoms with Crippen LogP contribution in [-0.2, 0) is 6.54 Å². The number of aliphatic hydroxyl groups excluding tert-OH is 1. The van der Waals surface area contributed by atoms with E-state index in [4.69, 9.17) is 0 Å². The van der Waals surface area contributed by atoms with Crippen LogP contribution in [0, 0.1) is 18.8 Å². The zero-order chi connectivity index (χ0) is 16.7. The van der Waals surface area contributed by atoms with Crippen molar-refractivity contribution < 1.29 is 5.11 Å². The average molecular weight is 351 g/mol. The molecule has 1 aromatic rings. The second-order valence-electron chi connectivity index (χ2n) is 8.01. The molecule has 3 aliphatic rings. The van der Waals surface area contributed by atoms with Gasteiger partial charge in [0.2, 0.25) is 0 Å². The lowest BCUT2D eigenvalue weighted by Crippen LogP contribution is -2.55. The minimum absolute atomic E-state index is 0.139. The number of aryl methyl sites for hydroxylation is 1. The molecule has 0 amide bonds. The van der Waals surface area contributed by atoms with E-state index in [1.54, 1.807) is 0 Å². The average Bonchev–Trinajstić information content (AvgIpc) is 3.13. The van der Waals surface area contributed by atoms with Crippen LogP contribution in [0.25, 0.3) is 0 Å². The molecule has 6 heteroatoms. The highest BCUT2D eigenvalue weighted by atomic mass is 32.1. The van der Waals surface area contributed by atoms with Gasteiger partial charge in [-0.1, -0.05) is 0 Å². The predicted molar refractivity (Wildman–Crippen MR) is 97.2 cm³/mol. The van der Waals surface area contributed by atoms with Crippen molar-refractivity contribution in [3.05, 3.63) is 16.1 Å². The third kappa shape index (κ3) is 3.53. The van der Waals surface area contributed by atoms with Gasteiger partial charge in [0.1, 0.15) is 0 Å². The van der Waals surface area contributed by atoms with E-state index in [2.05, 4.69) is 33.7 Å². The molecule has 5 nitrogen and oxygen atoms in total. The van der Waals surface area contributed by atoms with Crippen LogP contribution in [0.4, 0.5) is 0 Å². The number of rotatable bonds is 3. The summed E-state index contributed by atoms with van der Waals surface area (Å²) in [7, 11) is 2.20. The van der Waals surface area contributed by atoms with Crippen LogP contribution in [0.2, 0.25) is 0 Å². The second-order valence-corrected chi connectivity index (χ2v) is 9.32. The van der Waals surface area contributed by atoms with Crippen LogP contribution in [0.3, 0.4) is 0 Å². The molecule has 1 N–H and O–H groups in total. The summed E-state index contributed by atoms with van der Waals surface area (Å²) in [6.45, 7) is 9.94. The monoisotopic (exact) mass is 350 g/mol. The minimum atomic E-state index is -0.139. The number of fused-ring (bicyclic) bond motifs is 1. The van der Waals surface area contributed by atoms with E-state index in [-0.39, 0.29) is 6.10 Å². The molecule has 134 valence electrons. The molecule has 3 heterocycles. The van der Waals surface area contributed by atoms with E-state index in [0.717, 1.165) is 56.6 Å². The van der Waals surface area contributed by atoms with Crippen LogP contribution in [0.15, 0.2) is 6.20 Å². The maximum absolute atomic E-state index is 10.7. The van der Waals surface area contributed by atoms with E-state index < -0.39 is 0 Å². The lowest BCUT2D eigenvalue weighted by atomic mass is 9.77. The molecule has 1 aliphatic carbocycles. The molecule has 0 unspecified atom stereocenters. The zero-order valence-electron chi connectivity index (χ0n) is 14.9. The Hall–Kier alpha value is -0.530. The van der Waals surface area contributed by atoms with E-state index in [0.29, 0.717) is 12.0 Å². The van der Waals surface area contributed by atoms with Crippen molar-refractivity contribution in [2.24, 2.45) is 11.8 Å².